The Hall–Kier alpha value is -1.01. The molecule has 0 saturated carbocycles. The first-order chi connectivity index (χ1) is 6.22. The van der Waals surface area contributed by atoms with E-state index in [0.29, 0.717) is 11.3 Å². The van der Waals surface area contributed by atoms with Crippen molar-refractivity contribution in [3.05, 3.63) is 29.8 Å². The van der Waals surface area contributed by atoms with E-state index in [1.807, 2.05) is 18.2 Å². The number of benzene rings is 1. The highest BCUT2D eigenvalue weighted by Gasteiger charge is 1.99. The molecule has 1 unspecified atom stereocenters. The van der Waals surface area contributed by atoms with Gasteiger partial charge in [0.15, 0.2) is 0 Å². The third-order valence-electron chi connectivity index (χ3n) is 1.46. The van der Waals surface area contributed by atoms with E-state index >= 15 is 0 Å². The standard InChI is InChI=1S/C10H10FNS/c1-8(11)7-13-10-4-2-9(6-12)3-5-10/h2-5,8H,7H2,1H3. The molecule has 0 aliphatic heterocycles. The molecule has 1 rings (SSSR count). The summed E-state index contributed by atoms with van der Waals surface area (Å²) in [7, 11) is 0. The molecule has 1 atom stereocenters. The highest BCUT2D eigenvalue weighted by atomic mass is 32.2. The molecule has 0 spiro atoms. The van der Waals surface area contributed by atoms with Gasteiger partial charge in [-0.2, -0.15) is 5.26 Å². The molecule has 0 aromatic heterocycles. The predicted molar refractivity (Wildman–Crippen MR) is 52.5 cm³/mol. The van der Waals surface area contributed by atoms with Crippen LogP contribution in [-0.2, 0) is 0 Å². The van der Waals surface area contributed by atoms with E-state index in [2.05, 4.69) is 0 Å². The topological polar surface area (TPSA) is 23.8 Å². The van der Waals surface area contributed by atoms with Crippen molar-refractivity contribution in [3.8, 4) is 6.07 Å². The van der Waals surface area contributed by atoms with Crippen LogP contribution in [0.2, 0.25) is 0 Å². The first-order valence-corrected chi connectivity index (χ1v) is 4.98. The molecule has 0 N–H and O–H groups in total. The quantitative estimate of drug-likeness (QED) is 0.692. The fraction of sp³-hybridized carbons (Fsp3) is 0.300. The monoisotopic (exact) mass is 195 g/mol. The summed E-state index contributed by atoms with van der Waals surface area (Å²) in [4.78, 5) is 1.00. The molecule has 68 valence electrons. The van der Waals surface area contributed by atoms with Crippen LogP contribution in [0.3, 0.4) is 0 Å². The summed E-state index contributed by atoms with van der Waals surface area (Å²) in [5.41, 5.74) is 0.637. The molecule has 13 heavy (non-hydrogen) atoms. The van der Waals surface area contributed by atoms with Crippen LogP contribution >= 0.6 is 11.8 Å². The van der Waals surface area contributed by atoms with Crippen LogP contribution in [0.4, 0.5) is 4.39 Å². The fourth-order valence-electron chi connectivity index (χ4n) is 0.837. The molecule has 1 nitrogen and oxygen atoms in total. The summed E-state index contributed by atoms with van der Waals surface area (Å²) in [5, 5.41) is 8.53. The fourth-order valence-corrected chi connectivity index (χ4v) is 1.59. The molecular weight excluding hydrogens is 185 g/mol. The third-order valence-corrected chi connectivity index (χ3v) is 2.69. The van der Waals surface area contributed by atoms with Gasteiger partial charge in [0.1, 0.15) is 6.17 Å². The van der Waals surface area contributed by atoms with Gasteiger partial charge in [-0.05, 0) is 31.2 Å². The number of alkyl halides is 1. The molecule has 0 aliphatic rings. The minimum atomic E-state index is -0.791. The van der Waals surface area contributed by atoms with E-state index in [1.54, 1.807) is 12.1 Å². The maximum Gasteiger partial charge on any atom is 0.107 e. The average Bonchev–Trinajstić information content (AvgIpc) is 2.15. The van der Waals surface area contributed by atoms with E-state index < -0.39 is 6.17 Å². The van der Waals surface area contributed by atoms with Crippen molar-refractivity contribution in [2.75, 3.05) is 5.75 Å². The van der Waals surface area contributed by atoms with Crippen LogP contribution in [0.5, 0.6) is 0 Å². The Kier molecular flexibility index (Phi) is 3.78. The Morgan fingerprint density at radius 2 is 2.08 bits per heavy atom. The van der Waals surface area contributed by atoms with Gasteiger partial charge in [-0.15, -0.1) is 11.8 Å². The van der Waals surface area contributed by atoms with Gasteiger partial charge >= 0.3 is 0 Å². The minimum Gasteiger partial charge on any atom is -0.247 e. The van der Waals surface area contributed by atoms with Crippen LogP contribution in [0, 0.1) is 11.3 Å². The first kappa shape index (κ1) is 10.1. The number of nitriles is 1. The normalized spacial score (nSPS) is 12.1. The number of halogens is 1. The zero-order chi connectivity index (χ0) is 9.68. The zero-order valence-electron chi connectivity index (χ0n) is 7.33. The summed E-state index contributed by atoms with van der Waals surface area (Å²) in [6.45, 7) is 1.54. The van der Waals surface area contributed by atoms with E-state index in [9.17, 15) is 4.39 Å². The molecule has 1 aromatic rings. The highest BCUT2D eigenvalue weighted by Crippen LogP contribution is 2.19. The molecule has 0 fully saturated rings. The second-order valence-corrected chi connectivity index (χ2v) is 3.82. The van der Waals surface area contributed by atoms with Crippen LogP contribution in [0.1, 0.15) is 12.5 Å². The molecule has 3 heteroatoms. The van der Waals surface area contributed by atoms with Gasteiger partial charge in [0.05, 0.1) is 11.6 Å². The van der Waals surface area contributed by atoms with Crippen molar-refractivity contribution < 1.29 is 4.39 Å². The van der Waals surface area contributed by atoms with Crippen LogP contribution in [0.25, 0.3) is 0 Å². The van der Waals surface area contributed by atoms with Crippen molar-refractivity contribution in [1.29, 1.82) is 5.26 Å². The lowest BCUT2D eigenvalue weighted by molar-refractivity contribution is 0.398. The van der Waals surface area contributed by atoms with Gasteiger partial charge in [0.2, 0.25) is 0 Å². The Labute approximate surface area is 81.6 Å². The maximum absolute atomic E-state index is 12.5. The van der Waals surface area contributed by atoms with Gasteiger partial charge in [-0.1, -0.05) is 0 Å². The van der Waals surface area contributed by atoms with E-state index in [0.717, 1.165) is 4.90 Å². The molecular formula is C10H10FNS. The smallest absolute Gasteiger partial charge is 0.107 e. The van der Waals surface area contributed by atoms with Crippen molar-refractivity contribution in [2.45, 2.75) is 18.0 Å². The Bertz CT molecular complexity index is 300. The van der Waals surface area contributed by atoms with Gasteiger partial charge in [-0.3, -0.25) is 0 Å². The minimum absolute atomic E-state index is 0.464. The van der Waals surface area contributed by atoms with Crippen LogP contribution < -0.4 is 0 Å². The summed E-state index contributed by atoms with van der Waals surface area (Å²) in [6, 6.07) is 9.20. The van der Waals surface area contributed by atoms with Crippen molar-refractivity contribution >= 4 is 11.8 Å². The third kappa shape index (κ3) is 3.47. The lowest BCUT2D eigenvalue weighted by Crippen LogP contribution is -1.94. The molecule has 0 amide bonds. The Morgan fingerprint density at radius 3 is 2.54 bits per heavy atom. The number of nitrogens with zero attached hydrogens (tertiary/aromatic N) is 1. The van der Waals surface area contributed by atoms with Gasteiger partial charge in [0, 0.05) is 10.6 Å². The zero-order valence-corrected chi connectivity index (χ0v) is 8.14. The SMILES string of the molecule is CC(F)CSc1ccc(C#N)cc1. The Morgan fingerprint density at radius 1 is 1.46 bits per heavy atom. The van der Waals surface area contributed by atoms with Crippen molar-refractivity contribution in [3.63, 3.8) is 0 Å². The van der Waals surface area contributed by atoms with E-state index in [-0.39, 0.29) is 0 Å². The Balaban J connectivity index is 2.55. The molecule has 0 saturated heterocycles. The number of thioether (sulfide) groups is 1. The summed E-state index contributed by atoms with van der Waals surface area (Å²) in [5.74, 6) is 0.464. The maximum atomic E-state index is 12.5. The van der Waals surface area contributed by atoms with Gasteiger partial charge < -0.3 is 0 Å². The van der Waals surface area contributed by atoms with Crippen molar-refractivity contribution in [2.24, 2.45) is 0 Å². The second-order valence-electron chi connectivity index (χ2n) is 2.73. The van der Waals surface area contributed by atoms with E-state index in [4.69, 9.17) is 5.26 Å². The van der Waals surface area contributed by atoms with E-state index in [1.165, 1.54) is 18.7 Å². The summed E-state index contributed by atoms with van der Waals surface area (Å²) >= 11 is 1.46. The largest absolute Gasteiger partial charge is 0.247 e. The lowest BCUT2D eigenvalue weighted by Gasteiger charge is -2.01. The number of hydrogen-bond acceptors (Lipinski definition) is 2. The van der Waals surface area contributed by atoms with Crippen LogP contribution in [0.15, 0.2) is 29.2 Å². The second kappa shape index (κ2) is 4.88. The molecule has 0 radical (unpaired) electrons. The molecule has 1 aromatic carbocycles. The average molecular weight is 195 g/mol. The van der Waals surface area contributed by atoms with Crippen LogP contribution in [-0.4, -0.2) is 11.9 Å². The van der Waals surface area contributed by atoms with Gasteiger partial charge in [0.25, 0.3) is 0 Å². The highest BCUT2D eigenvalue weighted by molar-refractivity contribution is 7.99. The molecule has 0 bridgehead atoms. The number of hydrogen-bond donors (Lipinski definition) is 0. The van der Waals surface area contributed by atoms with Crippen molar-refractivity contribution in [1.82, 2.24) is 0 Å². The summed E-state index contributed by atoms with van der Waals surface area (Å²) < 4.78 is 12.5. The first-order valence-electron chi connectivity index (χ1n) is 3.99. The molecule has 0 aliphatic carbocycles. The lowest BCUT2D eigenvalue weighted by atomic mass is 10.2. The molecule has 0 heterocycles. The number of rotatable bonds is 3. The summed E-state index contributed by atoms with van der Waals surface area (Å²) in [6.07, 6.45) is -0.791. The predicted octanol–water partition coefficient (Wildman–Crippen LogP) is 3.01. The van der Waals surface area contributed by atoms with Gasteiger partial charge in [-0.25, -0.2) is 4.39 Å².